The molecule has 3 N–H and O–H groups in total. The van der Waals surface area contributed by atoms with Crippen LogP contribution in [0.15, 0.2) is 36.9 Å². The molecule has 1 saturated carbocycles. The highest BCUT2D eigenvalue weighted by atomic mass is 19.1. The smallest absolute Gasteiger partial charge is 0.251 e. The fraction of sp³-hybridized carbons (Fsp3) is 0.333. The van der Waals surface area contributed by atoms with Crippen molar-refractivity contribution in [1.82, 2.24) is 14.9 Å². The molecule has 0 spiro atoms. The summed E-state index contributed by atoms with van der Waals surface area (Å²) >= 11 is 0. The van der Waals surface area contributed by atoms with Gasteiger partial charge in [-0.15, -0.1) is 0 Å². The van der Waals surface area contributed by atoms with E-state index in [-0.39, 0.29) is 29.2 Å². The van der Waals surface area contributed by atoms with Crippen molar-refractivity contribution in [2.24, 2.45) is 0 Å². The standard InChI is InChI=1S/C15H17FN4O/c16-11-8-10(4-5-12(11)17)15(21)19-13-2-1-3-14(13)20-7-6-18-9-20/h4-9,13-14H,1-3,17H2,(H,19,21). The van der Waals surface area contributed by atoms with Crippen LogP contribution in [0.1, 0.15) is 35.7 Å². The minimum Gasteiger partial charge on any atom is -0.396 e. The first-order valence-corrected chi connectivity index (χ1v) is 6.98. The van der Waals surface area contributed by atoms with Crippen molar-refractivity contribution in [3.63, 3.8) is 0 Å². The molecule has 1 amide bonds. The normalized spacial score (nSPS) is 21.4. The first kappa shape index (κ1) is 13.6. The monoisotopic (exact) mass is 288 g/mol. The number of nitrogens with zero attached hydrogens (tertiary/aromatic N) is 2. The molecule has 2 unspecified atom stereocenters. The number of nitrogen functional groups attached to an aromatic ring is 1. The maximum absolute atomic E-state index is 13.4. The molecule has 110 valence electrons. The molecule has 3 rings (SSSR count). The number of halogens is 1. The molecule has 0 saturated heterocycles. The lowest BCUT2D eigenvalue weighted by Gasteiger charge is -2.22. The highest BCUT2D eigenvalue weighted by Crippen LogP contribution is 2.30. The van der Waals surface area contributed by atoms with Crippen LogP contribution >= 0.6 is 0 Å². The molecule has 5 nitrogen and oxygen atoms in total. The van der Waals surface area contributed by atoms with Gasteiger partial charge in [0, 0.05) is 24.0 Å². The Morgan fingerprint density at radius 3 is 3.00 bits per heavy atom. The highest BCUT2D eigenvalue weighted by molar-refractivity contribution is 5.94. The van der Waals surface area contributed by atoms with Gasteiger partial charge in [-0.25, -0.2) is 9.37 Å². The quantitative estimate of drug-likeness (QED) is 0.850. The molecule has 2 aromatic rings. The van der Waals surface area contributed by atoms with Gasteiger partial charge >= 0.3 is 0 Å². The number of hydrogen-bond donors (Lipinski definition) is 2. The van der Waals surface area contributed by atoms with E-state index in [1.54, 1.807) is 12.5 Å². The topological polar surface area (TPSA) is 72.9 Å². The van der Waals surface area contributed by atoms with E-state index in [1.807, 2.05) is 10.8 Å². The molecule has 0 bridgehead atoms. The van der Waals surface area contributed by atoms with Crippen molar-refractivity contribution >= 4 is 11.6 Å². The van der Waals surface area contributed by atoms with Gasteiger partial charge in [0.2, 0.25) is 0 Å². The van der Waals surface area contributed by atoms with Gasteiger partial charge in [0.15, 0.2) is 0 Å². The number of carbonyl (C=O) groups excluding carboxylic acids is 1. The number of imidazole rings is 1. The second-order valence-corrected chi connectivity index (χ2v) is 5.32. The summed E-state index contributed by atoms with van der Waals surface area (Å²) in [6, 6.07) is 4.36. The number of benzene rings is 1. The van der Waals surface area contributed by atoms with Crippen LogP contribution in [-0.4, -0.2) is 21.5 Å². The Balaban J connectivity index is 1.73. The van der Waals surface area contributed by atoms with Crippen molar-refractivity contribution in [2.75, 3.05) is 5.73 Å². The van der Waals surface area contributed by atoms with Crippen molar-refractivity contribution in [3.05, 3.63) is 48.3 Å². The van der Waals surface area contributed by atoms with E-state index in [2.05, 4.69) is 10.3 Å². The van der Waals surface area contributed by atoms with Crippen LogP contribution in [0.3, 0.4) is 0 Å². The van der Waals surface area contributed by atoms with Crippen molar-refractivity contribution in [1.29, 1.82) is 0 Å². The Labute approximate surface area is 122 Å². The number of nitrogens with one attached hydrogen (secondary N) is 1. The Bertz CT molecular complexity index is 641. The van der Waals surface area contributed by atoms with Crippen LogP contribution in [0.2, 0.25) is 0 Å². The Morgan fingerprint density at radius 2 is 2.29 bits per heavy atom. The molecule has 0 radical (unpaired) electrons. The van der Waals surface area contributed by atoms with Gasteiger partial charge in [-0.05, 0) is 37.5 Å². The maximum atomic E-state index is 13.4. The van der Waals surface area contributed by atoms with E-state index in [9.17, 15) is 9.18 Å². The van der Waals surface area contributed by atoms with Gasteiger partial charge in [-0.1, -0.05) is 0 Å². The lowest BCUT2D eigenvalue weighted by atomic mass is 10.1. The molecule has 1 aliphatic rings. The molecule has 1 heterocycles. The first-order chi connectivity index (χ1) is 10.1. The zero-order valence-electron chi connectivity index (χ0n) is 11.5. The van der Waals surface area contributed by atoms with Gasteiger partial charge in [-0.2, -0.15) is 0 Å². The molecule has 1 aromatic heterocycles. The maximum Gasteiger partial charge on any atom is 0.251 e. The summed E-state index contributed by atoms with van der Waals surface area (Å²) in [6.07, 6.45) is 8.34. The summed E-state index contributed by atoms with van der Waals surface area (Å²) in [5, 5.41) is 2.99. The molecule has 1 fully saturated rings. The van der Waals surface area contributed by atoms with Gasteiger partial charge < -0.3 is 15.6 Å². The van der Waals surface area contributed by atoms with Crippen LogP contribution in [0.5, 0.6) is 0 Å². The summed E-state index contributed by atoms with van der Waals surface area (Å²) < 4.78 is 15.5. The predicted octanol–water partition coefficient (Wildman–Crippen LogP) is 2.13. The minimum absolute atomic E-state index is 0.0346. The SMILES string of the molecule is Nc1ccc(C(=O)NC2CCCC2n2ccnc2)cc1F. The summed E-state index contributed by atoms with van der Waals surface area (Å²) in [4.78, 5) is 16.3. The summed E-state index contributed by atoms with van der Waals surface area (Å²) in [6.45, 7) is 0. The third-order valence-electron chi connectivity index (χ3n) is 3.97. The van der Waals surface area contributed by atoms with Crippen LogP contribution in [0.25, 0.3) is 0 Å². The average Bonchev–Trinajstić information content (AvgIpc) is 3.12. The molecule has 1 aromatic carbocycles. The van der Waals surface area contributed by atoms with E-state index >= 15 is 0 Å². The average molecular weight is 288 g/mol. The van der Waals surface area contributed by atoms with E-state index in [1.165, 1.54) is 18.2 Å². The number of nitrogens with two attached hydrogens (primary N) is 1. The zero-order valence-corrected chi connectivity index (χ0v) is 11.5. The first-order valence-electron chi connectivity index (χ1n) is 6.98. The van der Waals surface area contributed by atoms with Gasteiger partial charge in [0.25, 0.3) is 5.91 Å². The van der Waals surface area contributed by atoms with Crippen molar-refractivity contribution in [2.45, 2.75) is 31.3 Å². The molecule has 6 heteroatoms. The highest BCUT2D eigenvalue weighted by Gasteiger charge is 2.29. The van der Waals surface area contributed by atoms with Gasteiger partial charge in [0.05, 0.1) is 18.1 Å². The molecule has 1 aliphatic carbocycles. The van der Waals surface area contributed by atoms with E-state index in [0.29, 0.717) is 0 Å². The van der Waals surface area contributed by atoms with Gasteiger partial charge in [-0.3, -0.25) is 4.79 Å². The minimum atomic E-state index is -0.569. The zero-order chi connectivity index (χ0) is 14.8. The Kier molecular flexibility index (Phi) is 3.60. The number of hydrogen-bond acceptors (Lipinski definition) is 3. The summed E-state index contributed by atoms with van der Waals surface area (Å²) in [7, 11) is 0. The molecular formula is C15H17FN4O. The number of carbonyl (C=O) groups is 1. The van der Waals surface area contributed by atoms with Crippen LogP contribution in [0.4, 0.5) is 10.1 Å². The largest absolute Gasteiger partial charge is 0.396 e. The number of rotatable bonds is 3. The van der Waals surface area contributed by atoms with E-state index in [0.717, 1.165) is 19.3 Å². The molecular weight excluding hydrogens is 271 g/mol. The third-order valence-corrected chi connectivity index (χ3v) is 3.97. The summed E-state index contributed by atoms with van der Waals surface area (Å²) in [5.74, 6) is -0.842. The predicted molar refractivity (Wildman–Crippen MR) is 77.2 cm³/mol. The van der Waals surface area contributed by atoms with Gasteiger partial charge in [0.1, 0.15) is 5.82 Å². The fourth-order valence-corrected chi connectivity index (χ4v) is 2.85. The number of aromatic nitrogens is 2. The Morgan fingerprint density at radius 1 is 1.43 bits per heavy atom. The van der Waals surface area contributed by atoms with Crippen LogP contribution in [-0.2, 0) is 0 Å². The van der Waals surface area contributed by atoms with Crippen molar-refractivity contribution < 1.29 is 9.18 Å². The Hall–Kier alpha value is -2.37. The van der Waals surface area contributed by atoms with E-state index < -0.39 is 5.82 Å². The second-order valence-electron chi connectivity index (χ2n) is 5.32. The lowest BCUT2D eigenvalue weighted by Crippen LogP contribution is -2.38. The van der Waals surface area contributed by atoms with Crippen molar-refractivity contribution in [3.8, 4) is 0 Å². The summed E-state index contributed by atoms with van der Waals surface area (Å²) in [5.41, 5.74) is 5.76. The van der Waals surface area contributed by atoms with Crippen LogP contribution < -0.4 is 11.1 Å². The molecule has 21 heavy (non-hydrogen) atoms. The van der Waals surface area contributed by atoms with Crippen LogP contribution in [0, 0.1) is 5.82 Å². The lowest BCUT2D eigenvalue weighted by molar-refractivity contribution is 0.0928. The third kappa shape index (κ3) is 2.74. The molecule has 2 atom stereocenters. The fourth-order valence-electron chi connectivity index (χ4n) is 2.85. The number of anilines is 1. The number of amides is 1. The molecule has 0 aliphatic heterocycles. The van der Waals surface area contributed by atoms with E-state index in [4.69, 9.17) is 5.73 Å². The second kappa shape index (κ2) is 5.55.